The Labute approximate surface area is 105 Å². The molecule has 2 heteroatoms. The van der Waals surface area contributed by atoms with Gasteiger partial charge in [0.15, 0.2) is 0 Å². The maximum atomic E-state index is 5.75. The van der Waals surface area contributed by atoms with Gasteiger partial charge in [-0.15, -0.1) is 0 Å². The summed E-state index contributed by atoms with van der Waals surface area (Å²) in [5.74, 6) is 0.556. The Kier molecular flexibility index (Phi) is 3.72. The minimum absolute atomic E-state index is 0.526. The van der Waals surface area contributed by atoms with E-state index in [2.05, 4.69) is 50.8 Å². The molecule has 1 aromatic rings. The van der Waals surface area contributed by atoms with E-state index in [-0.39, 0.29) is 0 Å². The van der Waals surface area contributed by atoms with Gasteiger partial charge in [-0.1, -0.05) is 26.0 Å². The molecule has 1 aromatic carbocycles. The highest BCUT2D eigenvalue weighted by Gasteiger charge is 2.20. The fourth-order valence-electron chi connectivity index (χ4n) is 2.55. The molecule has 1 aliphatic heterocycles. The van der Waals surface area contributed by atoms with Crippen molar-refractivity contribution in [3.63, 3.8) is 0 Å². The Hall–Kier alpha value is -1.02. The highest BCUT2D eigenvalue weighted by atomic mass is 16.5. The average Bonchev–Trinajstić information content (AvgIpc) is 2.49. The number of anilines is 1. The van der Waals surface area contributed by atoms with E-state index in [9.17, 15) is 0 Å². The van der Waals surface area contributed by atoms with Gasteiger partial charge in [-0.25, -0.2) is 0 Å². The maximum Gasteiger partial charge on any atom is 0.0740 e. The Balaban J connectivity index is 2.48. The Morgan fingerprint density at radius 2 is 1.94 bits per heavy atom. The van der Waals surface area contributed by atoms with Gasteiger partial charge in [0, 0.05) is 23.8 Å². The predicted octanol–water partition coefficient (Wildman–Crippen LogP) is 3.56. The molecular formula is C15H23NO. The average molecular weight is 233 g/mol. The summed E-state index contributed by atoms with van der Waals surface area (Å²) in [6.07, 6.45) is 0. The largest absolute Gasteiger partial charge is 0.375 e. The molecule has 0 saturated heterocycles. The van der Waals surface area contributed by atoms with Crippen molar-refractivity contribution in [1.29, 1.82) is 0 Å². The summed E-state index contributed by atoms with van der Waals surface area (Å²) in [4.78, 5) is 2.45. The topological polar surface area (TPSA) is 12.5 Å². The van der Waals surface area contributed by atoms with Crippen LogP contribution in [0.2, 0.25) is 0 Å². The van der Waals surface area contributed by atoms with E-state index in [0.29, 0.717) is 12.0 Å². The Bertz CT molecular complexity index is 385. The number of nitrogens with zero attached hydrogens (tertiary/aromatic N) is 1. The number of ether oxygens (including phenoxy) is 1. The summed E-state index contributed by atoms with van der Waals surface area (Å²) in [5.41, 5.74) is 4.17. The fourth-order valence-corrected chi connectivity index (χ4v) is 2.55. The van der Waals surface area contributed by atoms with Crippen LogP contribution in [0.1, 0.15) is 44.7 Å². The molecule has 0 spiro atoms. The number of hydrogen-bond donors (Lipinski definition) is 0. The number of hydrogen-bond acceptors (Lipinski definition) is 2. The molecule has 0 fully saturated rings. The molecule has 0 amide bonds. The van der Waals surface area contributed by atoms with Gasteiger partial charge in [-0.2, -0.15) is 0 Å². The summed E-state index contributed by atoms with van der Waals surface area (Å²) in [6.45, 7) is 11.6. The molecule has 0 N–H and O–H groups in total. The first-order chi connectivity index (χ1) is 8.11. The lowest BCUT2D eigenvalue weighted by Crippen LogP contribution is -2.33. The molecule has 0 unspecified atom stereocenters. The van der Waals surface area contributed by atoms with Crippen LogP contribution >= 0.6 is 0 Å². The minimum Gasteiger partial charge on any atom is -0.375 e. The third-order valence-electron chi connectivity index (χ3n) is 3.47. The van der Waals surface area contributed by atoms with Crippen molar-refractivity contribution in [1.82, 2.24) is 0 Å². The molecular weight excluding hydrogens is 210 g/mol. The standard InChI is InChI=1S/C15H23NO/c1-11(2)13-6-5-7-15-14(13)10-17-9-8-16(15)12(3)4/h5-7,11-12H,8-10H2,1-4H3. The number of fused-ring (bicyclic) bond motifs is 1. The number of rotatable bonds is 2. The van der Waals surface area contributed by atoms with Gasteiger partial charge < -0.3 is 9.64 Å². The van der Waals surface area contributed by atoms with Crippen molar-refractivity contribution >= 4 is 5.69 Å². The Morgan fingerprint density at radius 1 is 1.18 bits per heavy atom. The van der Waals surface area contributed by atoms with Crippen molar-refractivity contribution in [2.45, 2.75) is 46.3 Å². The zero-order valence-electron chi connectivity index (χ0n) is 11.4. The molecule has 2 rings (SSSR count). The summed E-state index contributed by atoms with van der Waals surface area (Å²) in [6, 6.07) is 7.17. The van der Waals surface area contributed by atoms with Crippen LogP contribution in [0.3, 0.4) is 0 Å². The van der Waals surface area contributed by atoms with Crippen LogP contribution in [0, 0.1) is 0 Å². The highest BCUT2D eigenvalue weighted by molar-refractivity contribution is 5.58. The van der Waals surface area contributed by atoms with Crippen molar-refractivity contribution in [3.8, 4) is 0 Å². The van der Waals surface area contributed by atoms with Gasteiger partial charge in [-0.05, 0) is 31.4 Å². The normalized spacial score (nSPS) is 16.2. The van der Waals surface area contributed by atoms with Gasteiger partial charge in [0.2, 0.25) is 0 Å². The first-order valence-corrected chi connectivity index (χ1v) is 6.57. The quantitative estimate of drug-likeness (QED) is 0.774. The molecule has 0 atom stereocenters. The third kappa shape index (κ3) is 2.47. The Morgan fingerprint density at radius 3 is 2.59 bits per heavy atom. The zero-order valence-corrected chi connectivity index (χ0v) is 11.4. The van der Waals surface area contributed by atoms with Gasteiger partial charge in [0.1, 0.15) is 0 Å². The second-order valence-electron chi connectivity index (χ2n) is 5.34. The smallest absolute Gasteiger partial charge is 0.0740 e. The van der Waals surface area contributed by atoms with Gasteiger partial charge in [0.05, 0.1) is 13.2 Å². The summed E-state index contributed by atoms with van der Waals surface area (Å²) in [7, 11) is 0. The first kappa shape index (κ1) is 12.4. The molecule has 0 aliphatic carbocycles. The van der Waals surface area contributed by atoms with Gasteiger partial charge >= 0.3 is 0 Å². The fraction of sp³-hybridized carbons (Fsp3) is 0.600. The van der Waals surface area contributed by atoms with Crippen LogP contribution in [0.4, 0.5) is 5.69 Å². The van der Waals surface area contributed by atoms with E-state index in [1.54, 1.807) is 0 Å². The van der Waals surface area contributed by atoms with Crippen molar-refractivity contribution in [2.24, 2.45) is 0 Å². The van der Waals surface area contributed by atoms with Crippen LogP contribution in [0.15, 0.2) is 18.2 Å². The summed E-state index contributed by atoms with van der Waals surface area (Å²) >= 11 is 0. The molecule has 0 radical (unpaired) electrons. The maximum absolute atomic E-state index is 5.75. The van der Waals surface area contributed by atoms with Gasteiger partial charge in [-0.3, -0.25) is 0 Å². The lowest BCUT2D eigenvalue weighted by atomic mass is 9.95. The van der Waals surface area contributed by atoms with Crippen LogP contribution in [0.5, 0.6) is 0 Å². The monoisotopic (exact) mass is 233 g/mol. The molecule has 1 aliphatic rings. The van der Waals surface area contributed by atoms with E-state index in [1.807, 2.05) is 0 Å². The molecule has 1 heterocycles. The minimum atomic E-state index is 0.526. The van der Waals surface area contributed by atoms with Crippen molar-refractivity contribution < 1.29 is 4.74 Å². The molecule has 0 aromatic heterocycles. The van der Waals surface area contributed by atoms with Crippen LogP contribution in [-0.4, -0.2) is 19.2 Å². The lowest BCUT2D eigenvalue weighted by molar-refractivity contribution is 0.131. The van der Waals surface area contributed by atoms with Crippen LogP contribution in [-0.2, 0) is 11.3 Å². The van der Waals surface area contributed by atoms with E-state index in [4.69, 9.17) is 4.74 Å². The number of benzene rings is 1. The van der Waals surface area contributed by atoms with E-state index in [0.717, 1.165) is 19.8 Å². The first-order valence-electron chi connectivity index (χ1n) is 6.57. The van der Waals surface area contributed by atoms with Crippen molar-refractivity contribution in [2.75, 3.05) is 18.1 Å². The zero-order chi connectivity index (χ0) is 12.4. The highest BCUT2D eigenvalue weighted by Crippen LogP contribution is 2.32. The second-order valence-corrected chi connectivity index (χ2v) is 5.34. The predicted molar refractivity (Wildman–Crippen MR) is 72.7 cm³/mol. The van der Waals surface area contributed by atoms with E-state index < -0.39 is 0 Å². The molecule has 0 bridgehead atoms. The van der Waals surface area contributed by atoms with Crippen molar-refractivity contribution in [3.05, 3.63) is 29.3 Å². The van der Waals surface area contributed by atoms with Gasteiger partial charge in [0.25, 0.3) is 0 Å². The SMILES string of the molecule is CC(C)c1cccc2c1COCCN2C(C)C. The molecule has 2 nitrogen and oxygen atoms in total. The van der Waals surface area contributed by atoms with E-state index >= 15 is 0 Å². The van der Waals surface area contributed by atoms with Crippen LogP contribution < -0.4 is 4.90 Å². The molecule has 94 valence electrons. The lowest BCUT2D eigenvalue weighted by Gasteiger charge is -2.29. The third-order valence-corrected chi connectivity index (χ3v) is 3.47. The molecule has 0 saturated carbocycles. The van der Waals surface area contributed by atoms with E-state index in [1.165, 1.54) is 16.8 Å². The second kappa shape index (κ2) is 5.09. The summed E-state index contributed by atoms with van der Waals surface area (Å²) < 4.78 is 5.75. The van der Waals surface area contributed by atoms with Crippen LogP contribution in [0.25, 0.3) is 0 Å². The molecule has 17 heavy (non-hydrogen) atoms. The summed E-state index contributed by atoms with van der Waals surface area (Å²) in [5, 5.41) is 0.